The molecule has 0 spiro atoms. The number of allylic oxidation sites excluding steroid dienone is 2. The van der Waals surface area contributed by atoms with Crippen molar-refractivity contribution >= 4 is 64.9 Å². The summed E-state index contributed by atoms with van der Waals surface area (Å²) in [6, 6.07) is -11.2. The number of nitrogens with one attached hydrogen (secondary N) is 3. The van der Waals surface area contributed by atoms with Crippen LogP contribution in [0.2, 0.25) is 0 Å². The normalized spacial score (nSPS) is 27.5. The number of ketones is 1. The summed E-state index contributed by atoms with van der Waals surface area (Å²) in [6.45, 7) is 30.0. The van der Waals surface area contributed by atoms with Crippen LogP contribution in [0.15, 0.2) is 12.2 Å². The third-order valence-electron chi connectivity index (χ3n) is 16.7. The molecule has 4 N–H and O–H groups in total. The fourth-order valence-electron chi connectivity index (χ4n) is 11.2. The quantitative estimate of drug-likeness (QED) is 0.157. The number of hydrogen-bond donors (Lipinski definition) is 4. The highest BCUT2D eigenvalue weighted by molar-refractivity contribution is 5.99. The lowest BCUT2D eigenvalue weighted by Gasteiger charge is -2.41. The lowest BCUT2D eigenvalue weighted by Crippen LogP contribution is -2.64. The fourth-order valence-corrected chi connectivity index (χ4v) is 11.2. The van der Waals surface area contributed by atoms with Gasteiger partial charge in [0.05, 0.1) is 12.1 Å². The first-order chi connectivity index (χ1) is 40.2. The summed E-state index contributed by atoms with van der Waals surface area (Å²) >= 11 is 0. The largest absolute Gasteiger partial charge is 0.390 e. The van der Waals surface area contributed by atoms with Crippen LogP contribution in [0.5, 0.6) is 0 Å². The van der Waals surface area contributed by atoms with Crippen molar-refractivity contribution in [1.82, 2.24) is 50.2 Å². The number of Topliss-reactive ketones (excluding diaryl/α,β-unsaturated/α-hetero) is 1. The minimum atomic E-state index is -1.65. The van der Waals surface area contributed by atoms with Crippen molar-refractivity contribution in [2.75, 3.05) is 56.4 Å². The number of methoxy groups -OCH3 is 1. The highest BCUT2D eigenvalue weighted by atomic mass is 16.5. The molecule has 87 heavy (non-hydrogen) atoms. The summed E-state index contributed by atoms with van der Waals surface area (Å²) in [5, 5.41) is 20.5. The molecule has 0 aromatic heterocycles. The average Bonchev–Trinajstić information content (AvgIpc) is 1.23. The van der Waals surface area contributed by atoms with Crippen LogP contribution in [0.25, 0.3) is 0 Å². The minimum absolute atomic E-state index is 0.0331. The number of rotatable bonds is 16. The summed E-state index contributed by atoms with van der Waals surface area (Å²) in [5.74, 6) is -10.8. The standard InChI is InChI=1S/C64H114N10O13/c1-26-28-29-41(15)53(76)52-56(79)66-44(27-2)58(81)74(24)64(87-25)63(86)69(19)46(31-36(5)6)55(78)67-50(39(11)12)61(84)68(18)45(30-35(3)4)54(77)65-43(17)49(75)34-42(16)57(80)70(20)47(32-37(7)8)59(82)71(21)48(33-38(9)10)60(83)72(22)51(40(13)14)62(85)73(52)23/h26,28,35-48,50-53,64,76H,27,29-34H2,1-25H3,(H,65,77)(H,66,79)(H,67,78)/b28-26+/t41-,42-,43-,44-,45-,46+,47-,48-,50-,51-,52-,53-,64-/m1/s1. The van der Waals surface area contributed by atoms with Gasteiger partial charge in [0, 0.05) is 68.8 Å². The summed E-state index contributed by atoms with van der Waals surface area (Å²) < 4.78 is 5.68. The van der Waals surface area contributed by atoms with Gasteiger partial charge >= 0.3 is 0 Å². The molecular weight excluding hydrogens is 1120 g/mol. The zero-order chi connectivity index (χ0) is 67.6. The van der Waals surface area contributed by atoms with Crippen molar-refractivity contribution in [1.29, 1.82) is 0 Å². The van der Waals surface area contributed by atoms with E-state index in [-0.39, 0.29) is 62.2 Å². The number of carbonyl (C=O) groups is 11. The molecule has 1 aliphatic rings. The third kappa shape index (κ3) is 21.6. The summed E-state index contributed by atoms with van der Waals surface area (Å²) in [5.41, 5.74) is 0. The Kier molecular flexibility index (Phi) is 32.6. The van der Waals surface area contributed by atoms with Crippen LogP contribution < -0.4 is 16.0 Å². The summed E-state index contributed by atoms with van der Waals surface area (Å²) in [6.07, 6.45) is 0.928. The Morgan fingerprint density at radius 1 is 0.494 bits per heavy atom. The van der Waals surface area contributed by atoms with E-state index in [2.05, 4.69) is 16.0 Å². The molecule has 1 saturated heterocycles. The Balaban J connectivity index is 4.41. The van der Waals surface area contributed by atoms with Crippen molar-refractivity contribution in [2.24, 2.45) is 47.3 Å². The molecule has 0 aromatic rings. The summed E-state index contributed by atoms with van der Waals surface area (Å²) in [7, 11) is 11.0. The van der Waals surface area contributed by atoms with Gasteiger partial charge in [0.2, 0.25) is 59.4 Å². The van der Waals surface area contributed by atoms with Gasteiger partial charge in [-0.15, -0.1) is 0 Å². The number of likely N-dealkylation sites (N-methyl/N-ethyl adjacent to an activating group) is 7. The van der Waals surface area contributed by atoms with Crippen LogP contribution in [0.1, 0.15) is 163 Å². The smallest absolute Gasteiger partial charge is 0.273 e. The molecule has 13 atom stereocenters. The Morgan fingerprint density at radius 3 is 1.33 bits per heavy atom. The van der Waals surface area contributed by atoms with Crippen molar-refractivity contribution in [3.8, 4) is 0 Å². The predicted molar refractivity (Wildman–Crippen MR) is 336 cm³/mol. The van der Waals surface area contributed by atoms with E-state index in [1.807, 2.05) is 55.4 Å². The van der Waals surface area contributed by atoms with Crippen LogP contribution in [-0.4, -0.2) is 227 Å². The van der Waals surface area contributed by atoms with Gasteiger partial charge in [-0.3, -0.25) is 52.7 Å². The van der Waals surface area contributed by atoms with Crippen molar-refractivity contribution in [3.63, 3.8) is 0 Å². The Morgan fingerprint density at radius 2 is 0.908 bits per heavy atom. The Hall–Kier alpha value is -5.97. The van der Waals surface area contributed by atoms with Crippen LogP contribution in [-0.2, 0) is 57.5 Å². The average molecular weight is 1230 g/mol. The SMILES string of the molecule is C/C=C/C[C@@H](C)[C@@H](O)[C@@H]1C(=O)N[C@H](CC)C(=O)N(C)[C@H](OC)C(=O)N(C)[C@@H](CC(C)C)C(=O)N[C@H](C(C)C)C(=O)N(C)[C@H](CC(C)C)C(=O)N[C@H](C)C(=O)C[C@@H](C)C(=O)N(C)[C@H](CC(C)C)C(=O)N(C)[C@H](CC(C)C)C(=O)N(C)[C@H](C(C)C)C(=O)N1C. The number of hydrogen-bond acceptors (Lipinski definition) is 13. The van der Waals surface area contributed by atoms with Gasteiger partial charge in [0.1, 0.15) is 48.3 Å². The maximum atomic E-state index is 15.2. The van der Waals surface area contributed by atoms with Gasteiger partial charge in [0.15, 0.2) is 5.78 Å². The lowest BCUT2D eigenvalue weighted by atomic mass is 9.91. The second-order valence-electron chi connectivity index (χ2n) is 26.7. The number of carbonyl (C=O) groups excluding carboxylic acids is 11. The molecule has 0 saturated carbocycles. The maximum absolute atomic E-state index is 15.2. The topological polar surface area (TPSA) is 276 Å². The molecule has 0 aromatic carbocycles. The minimum Gasteiger partial charge on any atom is -0.390 e. The second-order valence-corrected chi connectivity index (χ2v) is 26.7. The van der Waals surface area contributed by atoms with E-state index in [9.17, 15) is 43.5 Å². The van der Waals surface area contributed by atoms with E-state index in [1.54, 1.807) is 67.5 Å². The van der Waals surface area contributed by atoms with Gasteiger partial charge in [0.25, 0.3) is 5.91 Å². The molecule has 0 radical (unpaired) electrons. The van der Waals surface area contributed by atoms with E-state index >= 15 is 14.4 Å². The maximum Gasteiger partial charge on any atom is 0.273 e. The molecule has 1 heterocycles. The number of ether oxygens (including phenoxy) is 1. The molecule has 0 aliphatic carbocycles. The first kappa shape index (κ1) is 79.0. The number of amides is 10. The van der Waals surface area contributed by atoms with Crippen molar-refractivity contribution in [2.45, 2.75) is 229 Å². The highest BCUT2D eigenvalue weighted by Crippen LogP contribution is 2.26. The summed E-state index contributed by atoms with van der Waals surface area (Å²) in [4.78, 5) is 170. The molecule has 1 aliphatic heterocycles. The zero-order valence-corrected chi connectivity index (χ0v) is 57.6. The number of aliphatic hydroxyl groups excluding tert-OH is 1. The van der Waals surface area contributed by atoms with E-state index in [0.717, 1.165) is 14.7 Å². The lowest BCUT2D eigenvalue weighted by molar-refractivity contribution is -0.165. The van der Waals surface area contributed by atoms with E-state index < -0.39 is 155 Å². The molecule has 498 valence electrons. The second kappa shape index (κ2) is 35.9. The van der Waals surface area contributed by atoms with Gasteiger partial charge in [-0.05, 0) is 93.8 Å². The molecule has 23 nitrogen and oxygen atoms in total. The van der Waals surface area contributed by atoms with Crippen LogP contribution in [0.3, 0.4) is 0 Å². The van der Waals surface area contributed by atoms with Crippen LogP contribution in [0, 0.1) is 47.3 Å². The van der Waals surface area contributed by atoms with Gasteiger partial charge in [-0.2, -0.15) is 0 Å². The van der Waals surface area contributed by atoms with Gasteiger partial charge in [-0.1, -0.05) is 116 Å². The Labute approximate surface area is 521 Å². The zero-order valence-electron chi connectivity index (χ0n) is 57.6. The molecule has 10 amide bonds. The first-order valence-electron chi connectivity index (χ1n) is 31.3. The molecule has 0 bridgehead atoms. The highest BCUT2D eigenvalue weighted by Gasteiger charge is 2.46. The fraction of sp³-hybridized carbons (Fsp3) is 0.797. The van der Waals surface area contributed by atoms with Crippen molar-refractivity contribution in [3.05, 3.63) is 12.2 Å². The van der Waals surface area contributed by atoms with E-state index in [0.29, 0.717) is 6.42 Å². The van der Waals surface area contributed by atoms with Crippen LogP contribution in [0.4, 0.5) is 0 Å². The predicted octanol–water partition coefficient (Wildman–Crippen LogP) is 4.33. The Bertz CT molecular complexity index is 2380. The molecule has 1 rings (SSSR count). The molecule has 23 heteroatoms. The van der Waals surface area contributed by atoms with Gasteiger partial charge in [-0.25, -0.2) is 0 Å². The van der Waals surface area contributed by atoms with Crippen molar-refractivity contribution < 1.29 is 62.6 Å². The monoisotopic (exact) mass is 1230 g/mol. The van der Waals surface area contributed by atoms with E-state index in [1.165, 1.54) is 83.0 Å². The van der Waals surface area contributed by atoms with Crippen LogP contribution >= 0.6 is 0 Å². The van der Waals surface area contributed by atoms with Gasteiger partial charge < -0.3 is 60.1 Å². The molecular formula is C64H114N10O13. The first-order valence-corrected chi connectivity index (χ1v) is 31.3. The number of aliphatic hydroxyl groups is 1. The van der Waals surface area contributed by atoms with E-state index in [4.69, 9.17) is 4.74 Å². The molecule has 1 fully saturated rings. The number of nitrogens with zero attached hydrogens (tertiary/aromatic N) is 7. The third-order valence-corrected chi connectivity index (χ3v) is 16.7. The molecule has 0 unspecified atom stereocenters.